The summed E-state index contributed by atoms with van der Waals surface area (Å²) in [5.74, 6) is 1.64. The van der Waals surface area contributed by atoms with E-state index in [1.165, 1.54) is 36.1 Å². The minimum atomic E-state index is 0.294. The molecule has 1 aromatic heterocycles. The Morgan fingerprint density at radius 3 is 2.69 bits per heavy atom. The van der Waals surface area contributed by atoms with Crippen molar-refractivity contribution in [3.63, 3.8) is 0 Å². The Hall–Kier alpha value is -0.340. The molecule has 90 valence electrons. The molecule has 0 aliphatic heterocycles. The summed E-state index contributed by atoms with van der Waals surface area (Å²) >= 11 is 1.85. The second kappa shape index (κ2) is 5.33. The average Bonchev–Trinajstić information content (AvgIpc) is 2.77. The molecule has 2 N–H and O–H groups in total. The van der Waals surface area contributed by atoms with Crippen LogP contribution in [-0.2, 0) is 6.42 Å². The van der Waals surface area contributed by atoms with Crippen LogP contribution in [0.25, 0.3) is 0 Å². The van der Waals surface area contributed by atoms with Gasteiger partial charge < -0.3 is 5.73 Å². The molecule has 1 aliphatic rings. The zero-order valence-corrected chi connectivity index (χ0v) is 11.2. The van der Waals surface area contributed by atoms with E-state index in [0.717, 1.165) is 18.3 Å². The van der Waals surface area contributed by atoms with Gasteiger partial charge in [-0.25, -0.2) is 0 Å². The highest BCUT2D eigenvalue weighted by Gasteiger charge is 2.26. The van der Waals surface area contributed by atoms with Crippen LogP contribution < -0.4 is 5.73 Å². The highest BCUT2D eigenvalue weighted by atomic mass is 32.1. The van der Waals surface area contributed by atoms with Crippen molar-refractivity contribution in [3.05, 3.63) is 21.9 Å². The smallest absolute Gasteiger partial charge is 0.0421 e. The lowest BCUT2D eigenvalue weighted by Gasteiger charge is -2.30. The van der Waals surface area contributed by atoms with Crippen molar-refractivity contribution >= 4 is 11.3 Å². The molecule has 1 atom stereocenters. The van der Waals surface area contributed by atoms with E-state index in [9.17, 15) is 0 Å². The first-order chi connectivity index (χ1) is 7.72. The van der Waals surface area contributed by atoms with Crippen molar-refractivity contribution < 1.29 is 0 Å². The van der Waals surface area contributed by atoms with Crippen LogP contribution in [0.2, 0.25) is 0 Å². The number of hydrogen-bond donors (Lipinski definition) is 1. The molecule has 0 amide bonds. The van der Waals surface area contributed by atoms with Crippen LogP contribution in [0.4, 0.5) is 0 Å². The molecule has 0 bridgehead atoms. The molecule has 0 aromatic carbocycles. The minimum Gasteiger partial charge on any atom is -0.323 e. The lowest BCUT2D eigenvalue weighted by atomic mass is 9.78. The summed E-state index contributed by atoms with van der Waals surface area (Å²) in [6.07, 6.45) is 6.50. The lowest BCUT2D eigenvalue weighted by molar-refractivity contribution is 0.257. The quantitative estimate of drug-likeness (QED) is 0.840. The van der Waals surface area contributed by atoms with Gasteiger partial charge in [0.25, 0.3) is 0 Å². The monoisotopic (exact) mass is 237 g/mol. The van der Waals surface area contributed by atoms with E-state index in [1.54, 1.807) is 0 Å². The van der Waals surface area contributed by atoms with Crippen LogP contribution >= 0.6 is 11.3 Å². The van der Waals surface area contributed by atoms with Crippen molar-refractivity contribution in [2.45, 2.75) is 52.0 Å². The summed E-state index contributed by atoms with van der Waals surface area (Å²) < 4.78 is 0. The lowest BCUT2D eigenvalue weighted by Crippen LogP contribution is -2.25. The van der Waals surface area contributed by atoms with Crippen molar-refractivity contribution in [3.8, 4) is 0 Å². The molecule has 16 heavy (non-hydrogen) atoms. The van der Waals surface area contributed by atoms with Gasteiger partial charge in [-0.2, -0.15) is 0 Å². The highest BCUT2D eigenvalue weighted by Crippen LogP contribution is 2.38. The van der Waals surface area contributed by atoms with Gasteiger partial charge >= 0.3 is 0 Å². The van der Waals surface area contributed by atoms with Gasteiger partial charge in [0.1, 0.15) is 0 Å². The van der Waals surface area contributed by atoms with E-state index in [1.807, 2.05) is 11.3 Å². The first-order valence-corrected chi connectivity index (χ1v) is 7.42. The molecule has 2 rings (SSSR count). The topological polar surface area (TPSA) is 26.0 Å². The molecule has 2 heteroatoms. The third-order valence-corrected chi connectivity index (χ3v) is 5.09. The standard InChI is InChI=1S/C14H23NS/c1-3-11-8-9-16-14(11)13(15)12-6-4-10(2)5-7-12/h8-10,12-13H,3-7,15H2,1-2H3. The largest absolute Gasteiger partial charge is 0.323 e. The average molecular weight is 237 g/mol. The van der Waals surface area contributed by atoms with E-state index in [4.69, 9.17) is 5.73 Å². The number of hydrogen-bond acceptors (Lipinski definition) is 2. The van der Waals surface area contributed by atoms with Crippen LogP contribution in [0.1, 0.15) is 56.0 Å². The van der Waals surface area contributed by atoms with Crippen LogP contribution in [0.5, 0.6) is 0 Å². The predicted molar refractivity (Wildman–Crippen MR) is 71.7 cm³/mol. The van der Waals surface area contributed by atoms with Gasteiger partial charge in [-0.1, -0.05) is 26.7 Å². The van der Waals surface area contributed by atoms with Crippen LogP contribution in [0, 0.1) is 11.8 Å². The Morgan fingerprint density at radius 1 is 1.38 bits per heavy atom. The summed E-state index contributed by atoms with van der Waals surface area (Å²) in [5, 5.41) is 2.19. The zero-order chi connectivity index (χ0) is 11.5. The van der Waals surface area contributed by atoms with Gasteiger partial charge in [0, 0.05) is 10.9 Å². The first-order valence-electron chi connectivity index (χ1n) is 6.54. The Morgan fingerprint density at radius 2 is 2.06 bits per heavy atom. The predicted octanol–water partition coefficient (Wildman–Crippen LogP) is 4.14. The molecule has 1 saturated carbocycles. The van der Waals surface area contributed by atoms with E-state index in [2.05, 4.69) is 25.3 Å². The summed E-state index contributed by atoms with van der Waals surface area (Å²) in [5.41, 5.74) is 7.92. The summed E-state index contributed by atoms with van der Waals surface area (Å²) in [6, 6.07) is 2.54. The van der Waals surface area contributed by atoms with Gasteiger partial charge in [0.15, 0.2) is 0 Å². The summed E-state index contributed by atoms with van der Waals surface area (Å²) in [7, 11) is 0. The van der Waals surface area contributed by atoms with E-state index >= 15 is 0 Å². The maximum Gasteiger partial charge on any atom is 0.0421 e. The van der Waals surface area contributed by atoms with Gasteiger partial charge in [0.2, 0.25) is 0 Å². The Balaban J connectivity index is 2.04. The normalized spacial score (nSPS) is 27.9. The fourth-order valence-electron chi connectivity index (χ4n) is 2.79. The molecule has 0 saturated heterocycles. The SMILES string of the molecule is CCc1ccsc1C(N)C1CCC(C)CC1. The molecule has 1 nitrogen and oxygen atoms in total. The molecular formula is C14H23NS. The maximum atomic E-state index is 6.45. The summed E-state index contributed by atoms with van der Waals surface area (Å²) in [6.45, 7) is 4.59. The van der Waals surface area contributed by atoms with E-state index in [0.29, 0.717) is 6.04 Å². The molecule has 1 aliphatic carbocycles. The number of nitrogens with two attached hydrogens (primary N) is 1. The molecule has 1 aromatic rings. The second-order valence-corrected chi connectivity index (χ2v) is 6.16. The van der Waals surface area contributed by atoms with Crippen LogP contribution in [-0.4, -0.2) is 0 Å². The van der Waals surface area contributed by atoms with Gasteiger partial charge in [-0.3, -0.25) is 0 Å². The molecule has 1 unspecified atom stereocenters. The fraction of sp³-hybridized carbons (Fsp3) is 0.714. The van der Waals surface area contributed by atoms with Crippen molar-refractivity contribution in [2.75, 3.05) is 0 Å². The van der Waals surface area contributed by atoms with E-state index < -0.39 is 0 Å². The Kier molecular flexibility index (Phi) is 4.04. The van der Waals surface area contributed by atoms with Gasteiger partial charge in [-0.15, -0.1) is 11.3 Å². The second-order valence-electron chi connectivity index (χ2n) is 5.21. The third kappa shape index (κ3) is 2.49. The molecule has 0 spiro atoms. The van der Waals surface area contributed by atoms with Crippen LogP contribution in [0.3, 0.4) is 0 Å². The van der Waals surface area contributed by atoms with Gasteiger partial charge in [-0.05, 0) is 48.1 Å². The molecule has 1 fully saturated rings. The van der Waals surface area contributed by atoms with Crippen molar-refractivity contribution in [1.82, 2.24) is 0 Å². The van der Waals surface area contributed by atoms with E-state index in [-0.39, 0.29) is 0 Å². The van der Waals surface area contributed by atoms with Gasteiger partial charge in [0.05, 0.1) is 0 Å². The molecule has 1 heterocycles. The fourth-order valence-corrected chi connectivity index (χ4v) is 3.88. The molecular weight excluding hydrogens is 214 g/mol. The number of aryl methyl sites for hydroxylation is 1. The Labute approximate surface area is 103 Å². The van der Waals surface area contributed by atoms with Crippen LogP contribution in [0.15, 0.2) is 11.4 Å². The Bertz CT molecular complexity index is 323. The number of thiophene rings is 1. The zero-order valence-electron chi connectivity index (χ0n) is 10.4. The van der Waals surface area contributed by atoms with Crippen molar-refractivity contribution in [1.29, 1.82) is 0 Å². The minimum absolute atomic E-state index is 0.294. The molecule has 0 radical (unpaired) electrons. The first kappa shape index (κ1) is 12.1. The maximum absolute atomic E-state index is 6.45. The highest BCUT2D eigenvalue weighted by molar-refractivity contribution is 7.10. The summed E-state index contributed by atoms with van der Waals surface area (Å²) in [4.78, 5) is 1.45. The van der Waals surface area contributed by atoms with Crippen molar-refractivity contribution in [2.24, 2.45) is 17.6 Å². The number of rotatable bonds is 3. The third-order valence-electron chi connectivity index (χ3n) is 4.03.